The van der Waals surface area contributed by atoms with E-state index in [1.807, 2.05) is 13.8 Å². The fraction of sp³-hybridized carbons (Fsp3) is 0.455. The Balaban J connectivity index is 2.69. The van der Waals surface area contributed by atoms with E-state index in [9.17, 15) is 13.2 Å². The van der Waals surface area contributed by atoms with Crippen LogP contribution in [0.4, 0.5) is 5.82 Å². The third-order valence-corrected chi connectivity index (χ3v) is 4.05. The van der Waals surface area contributed by atoms with Gasteiger partial charge in [-0.1, -0.05) is 25.4 Å². The van der Waals surface area contributed by atoms with E-state index >= 15 is 0 Å². The summed E-state index contributed by atoms with van der Waals surface area (Å²) in [7, 11) is -3.87. The first kappa shape index (κ1) is 17.6. The number of rotatable bonds is 7. The number of nitrogens with two attached hydrogens (primary N) is 1. The van der Waals surface area contributed by atoms with Crippen molar-refractivity contribution in [3.8, 4) is 0 Å². The zero-order valence-corrected chi connectivity index (χ0v) is 13.3. The van der Waals surface area contributed by atoms with E-state index in [0.717, 1.165) is 6.20 Å². The molecule has 0 radical (unpaired) electrons. The third-order valence-electron chi connectivity index (χ3n) is 2.39. The topological polar surface area (TPSA) is 126 Å². The minimum atomic E-state index is -3.87. The van der Waals surface area contributed by atoms with Gasteiger partial charge in [-0.05, 0) is 12.0 Å². The summed E-state index contributed by atoms with van der Waals surface area (Å²) in [4.78, 5) is 15.1. The Morgan fingerprint density at radius 1 is 1.48 bits per heavy atom. The van der Waals surface area contributed by atoms with E-state index in [1.165, 1.54) is 6.07 Å². The molecule has 21 heavy (non-hydrogen) atoms. The summed E-state index contributed by atoms with van der Waals surface area (Å²) in [5.74, 6) is 5.18. The molecule has 0 saturated carbocycles. The van der Waals surface area contributed by atoms with Crippen LogP contribution in [0.25, 0.3) is 0 Å². The number of amides is 1. The summed E-state index contributed by atoms with van der Waals surface area (Å²) in [6.07, 6.45) is 1.09. The SMILES string of the molecule is CC(C)CNC(=O)CNS(=O)(=O)c1cnc(NN)c(Cl)c1. The molecule has 0 fully saturated rings. The predicted molar refractivity (Wildman–Crippen MR) is 80.1 cm³/mol. The lowest BCUT2D eigenvalue weighted by atomic mass is 10.2. The summed E-state index contributed by atoms with van der Waals surface area (Å²) in [5, 5.41) is 2.66. The Morgan fingerprint density at radius 2 is 2.14 bits per heavy atom. The monoisotopic (exact) mass is 335 g/mol. The molecule has 0 atom stereocenters. The van der Waals surface area contributed by atoms with Crippen molar-refractivity contribution in [3.63, 3.8) is 0 Å². The highest BCUT2D eigenvalue weighted by molar-refractivity contribution is 7.89. The van der Waals surface area contributed by atoms with Crippen molar-refractivity contribution in [3.05, 3.63) is 17.3 Å². The average molecular weight is 336 g/mol. The molecular weight excluding hydrogens is 318 g/mol. The fourth-order valence-electron chi connectivity index (χ4n) is 1.30. The number of nitrogens with one attached hydrogen (secondary N) is 3. The van der Waals surface area contributed by atoms with Gasteiger partial charge in [-0.2, -0.15) is 0 Å². The standard InChI is InChI=1S/C11H18ClN5O3S/c1-7(2)4-14-10(18)6-16-21(19,20)8-3-9(12)11(17-13)15-5-8/h3,5,7,16H,4,6,13H2,1-2H3,(H,14,18)(H,15,17). The van der Waals surface area contributed by atoms with Gasteiger partial charge in [0.1, 0.15) is 4.90 Å². The molecule has 0 aliphatic carbocycles. The lowest BCUT2D eigenvalue weighted by Gasteiger charge is -2.10. The fourth-order valence-corrected chi connectivity index (χ4v) is 2.54. The number of nitrogen functional groups attached to an aromatic ring is 1. The second kappa shape index (κ2) is 7.55. The van der Waals surface area contributed by atoms with Crippen LogP contribution in [-0.4, -0.2) is 32.4 Å². The molecule has 1 heterocycles. The van der Waals surface area contributed by atoms with Crippen molar-refractivity contribution in [2.75, 3.05) is 18.5 Å². The van der Waals surface area contributed by atoms with Crippen LogP contribution in [0.5, 0.6) is 0 Å². The molecule has 0 aromatic carbocycles. The van der Waals surface area contributed by atoms with Crippen LogP contribution in [0.1, 0.15) is 13.8 Å². The van der Waals surface area contributed by atoms with E-state index in [0.29, 0.717) is 6.54 Å². The maximum Gasteiger partial charge on any atom is 0.242 e. The number of hydrogen-bond acceptors (Lipinski definition) is 6. The van der Waals surface area contributed by atoms with Crippen molar-refractivity contribution in [1.29, 1.82) is 0 Å². The highest BCUT2D eigenvalue weighted by Gasteiger charge is 2.17. The maximum atomic E-state index is 12.0. The van der Waals surface area contributed by atoms with Crippen LogP contribution in [0.2, 0.25) is 5.02 Å². The van der Waals surface area contributed by atoms with Crippen LogP contribution in [0.3, 0.4) is 0 Å². The molecule has 0 unspecified atom stereocenters. The Bertz CT molecular complexity index is 606. The summed E-state index contributed by atoms with van der Waals surface area (Å²) in [6, 6.07) is 1.19. The van der Waals surface area contributed by atoms with Gasteiger partial charge in [0.15, 0.2) is 5.82 Å². The van der Waals surface area contributed by atoms with Gasteiger partial charge in [0.25, 0.3) is 0 Å². The van der Waals surface area contributed by atoms with Crippen molar-refractivity contribution >= 4 is 33.3 Å². The molecule has 5 N–H and O–H groups in total. The Labute approximate surface area is 128 Å². The number of nitrogens with zero attached hydrogens (tertiary/aromatic N) is 1. The minimum Gasteiger partial charge on any atom is -0.355 e. The zero-order valence-electron chi connectivity index (χ0n) is 11.7. The number of hydrazine groups is 1. The number of carbonyl (C=O) groups excluding carboxylic acids is 1. The number of pyridine rings is 1. The van der Waals surface area contributed by atoms with Crippen LogP contribution in [0, 0.1) is 5.92 Å². The molecule has 0 spiro atoms. The van der Waals surface area contributed by atoms with Gasteiger partial charge in [-0.3, -0.25) is 4.79 Å². The largest absolute Gasteiger partial charge is 0.355 e. The average Bonchev–Trinajstić information content (AvgIpc) is 2.42. The molecule has 0 aliphatic rings. The Hall–Kier alpha value is -1.42. The molecular formula is C11H18ClN5O3S. The number of halogens is 1. The molecule has 0 saturated heterocycles. The van der Waals surface area contributed by atoms with E-state index in [-0.39, 0.29) is 28.2 Å². The lowest BCUT2D eigenvalue weighted by molar-refractivity contribution is -0.120. The van der Waals surface area contributed by atoms with Crippen molar-refractivity contribution in [2.24, 2.45) is 11.8 Å². The smallest absolute Gasteiger partial charge is 0.242 e. The van der Waals surface area contributed by atoms with Gasteiger partial charge in [0.05, 0.1) is 11.6 Å². The first-order chi connectivity index (χ1) is 9.76. The second-order valence-corrected chi connectivity index (χ2v) is 6.84. The zero-order chi connectivity index (χ0) is 16.0. The van der Waals surface area contributed by atoms with Gasteiger partial charge in [-0.15, -0.1) is 0 Å². The Kier molecular flexibility index (Phi) is 6.34. The second-order valence-electron chi connectivity index (χ2n) is 4.67. The highest BCUT2D eigenvalue weighted by Crippen LogP contribution is 2.21. The van der Waals surface area contributed by atoms with Crippen molar-refractivity contribution in [1.82, 2.24) is 15.0 Å². The molecule has 1 amide bonds. The highest BCUT2D eigenvalue weighted by atomic mass is 35.5. The van der Waals surface area contributed by atoms with E-state index in [4.69, 9.17) is 17.4 Å². The summed E-state index contributed by atoms with van der Waals surface area (Å²) >= 11 is 5.81. The minimum absolute atomic E-state index is 0.0598. The predicted octanol–water partition coefficient (Wildman–Crippen LogP) is 0.0711. The number of aromatic nitrogens is 1. The van der Waals surface area contributed by atoms with E-state index in [2.05, 4.69) is 20.4 Å². The molecule has 1 rings (SSSR count). The van der Waals surface area contributed by atoms with E-state index < -0.39 is 15.9 Å². The summed E-state index contributed by atoms with van der Waals surface area (Å²) in [6.45, 7) is 3.99. The van der Waals surface area contributed by atoms with Crippen LogP contribution in [-0.2, 0) is 14.8 Å². The summed E-state index contributed by atoms with van der Waals surface area (Å²) in [5.41, 5.74) is 2.23. The molecule has 0 bridgehead atoms. The molecule has 1 aromatic rings. The van der Waals surface area contributed by atoms with E-state index in [1.54, 1.807) is 0 Å². The van der Waals surface area contributed by atoms with Gasteiger partial charge in [0, 0.05) is 12.7 Å². The van der Waals surface area contributed by atoms with Crippen molar-refractivity contribution < 1.29 is 13.2 Å². The van der Waals surface area contributed by atoms with Gasteiger partial charge >= 0.3 is 0 Å². The first-order valence-corrected chi connectivity index (χ1v) is 8.01. The quantitative estimate of drug-likeness (QED) is 0.412. The number of sulfonamides is 1. The van der Waals surface area contributed by atoms with Gasteiger partial charge in [-0.25, -0.2) is 24.0 Å². The number of hydrogen-bond donors (Lipinski definition) is 4. The number of carbonyl (C=O) groups is 1. The van der Waals surface area contributed by atoms with Crippen LogP contribution >= 0.6 is 11.6 Å². The Morgan fingerprint density at radius 3 is 2.67 bits per heavy atom. The van der Waals surface area contributed by atoms with Gasteiger partial charge in [0.2, 0.25) is 15.9 Å². The maximum absolute atomic E-state index is 12.0. The van der Waals surface area contributed by atoms with Crippen LogP contribution in [0.15, 0.2) is 17.2 Å². The van der Waals surface area contributed by atoms with Gasteiger partial charge < -0.3 is 10.7 Å². The lowest BCUT2D eigenvalue weighted by Crippen LogP contribution is -2.38. The third kappa shape index (κ3) is 5.46. The van der Waals surface area contributed by atoms with Crippen LogP contribution < -0.4 is 21.3 Å². The normalized spacial score (nSPS) is 11.5. The molecule has 8 nitrogen and oxygen atoms in total. The molecule has 10 heteroatoms. The van der Waals surface area contributed by atoms with Crippen molar-refractivity contribution in [2.45, 2.75) is 18.7 Å². The molecule has 118 valence electrons. The first-order valence-electron chi connectivity index (χ1n) is 6.14. The number of anilines is 1. The summed E-state index contributed by atoms with van der Waals surface area (Å²) < 4.78 is 26.1. The molecule has 1 aromatic heterocycles. The molecule has 0 aliphatic heterocycles.